The predicted octanol–water partition coefficient (Wildman–Crippen LogP) is 3.11. The Kier molecular flexibility index (Phi) is 6.12. The number of rotatable bonds is 7. The van der Waals surface area contributed by atoms with E-state index in [1.807, 2.05) is 19.1 Å². The maximum Gasteiger partial charge on any atom is 0.311 e. The van der Waals surface area contributed by atoms with E-state index < -0.39 is 11.4 Å². The summed E-state index contributed by atoms with van der Waals surface area (Å²) in [4.78, 5) is 35.6. The fourth-order valence-electron chi connectivity index (χ4n) is 3.16. The molecule has 5 heteroatoms. The van der Waals surface area contributed by atoms with Gasteiger partial charge < -0.3 is 10.4 Å². The number of aliphatic carboxylic acids is 1. The molecule has 1 fully saturated rings. The zero-order valence-electron chi connectivity index (χ0n) is 14.1. The van der Waals surface area contributed by atoms with Gasteiger partial charge in [-0.1, -0.05) is 49.1 Å². The highest BCUT2D eigenvalue weighted by molar-refractivity contribution is 5.98. The van der Waals surface area contributed by atoms with Crippen LogP contribution < -0.4 is 5.32 Å². The summed E-state index contributed by atoms with van der Waals surface area (Å²) in [5.41, 5.74) is 0.841. The van der Waals surface area contributed by atoms with Gasteiger partial charge in [-0.15, -0.1) is 0 Å². The molecular weight excluding hydrogens is 306 g/mol. The predicted molar refractivity (Wildman–Crippen MR) is 90.9 cm³/mol. The van der Waals surface area contributed by atoms with Gasteiger partial charge in [0.25, 0.3) is 0 Å². The number of carbonyl (C=O) groups is 3. The van der Waals surface area contributed by atoms with Crippen molar-refractivity contribution in [3.05, 3.63) is 35.4 Å². The number of benzene rings is 1. The van der Waals surface area contributed by atoms with Gasteiger partial charge >= 0.3 is 5.97 Å². The maximum atomic E-state index is 12.1. The molecule has 24 heavy (non-hydrogen) atoms. The molecule has 5 nitrogen and oxygen atoms in total. The Morgan fingerprint density at radius 1 is 1.04 bits per heavy atom. The monoisotopic (exact) mass is 331 g/mol. The summed E-state index contributed by atoms with van der Waals surface area (Å²) in [7, 11) is 0. The van der Waals surface area contributed by atoms with Crippen LogP contribution in [-0.4, -0.2) is 29.3 Å². The van der Waals surface area contributed by atoms with Crippen LogP contribution in [0.4, 0.5) is 0 Å². The Balaban J connectivity index is 1.81. The molecule has 0 atom stereocenters. The molecule has 0 saturated heterocycles. The lowest BCUT2D eigenvalue weighted by atomic mass is 9.74. The average Bonchev–Trinajstić information content (AvgIpc) is 2.59. The first-order valence-corrected chi connectivity index (χ1v) is 8.53. The number of carbonyl (C=O) groups excluding carboxylic acids is 2. The number of carboxylic acid groups (broad SMARTS) is 1. The number of nitrogens with one attached hydrogen (secondary N) is 1. The highest BCUT2D eigenvalue weighted by Crippen LogP contribution is 2.36. The fraction of sp³-hybridized carbons (Fsp3) is 0.526. The molecule has 0 heterocycles. The van der Waals surface area contributed by atoms with E-state index in [-0.39, 0.29) is 31.1 Å². The van der Waals surface area contributed by atoms with Crippen LogP contribution in [0.1, 0.15) is 60.9 Å². The van der Waals surface area contributed by atoms with Crippen LogP contribution in [0.5, 0.6) is 0 Å². The van der Waals surface area contributed by atoms with E-state index in [0.717, 1.165) is 24.8 Å². The standard InChI is InChI=1S/C19H25NO4/c1-14-5-7-15(8-6-14)16(21)9-10-17(22)20-13-19(18(23)24)11-3-2-4-12-19/h5-8H,2-4,9-13H2,1H3,(H,20,22)(H,23,24). The van der Waals surface area contributed by atoms with Crippen LogP contribution in [-0.2, 0) is 9.59 Å². The van der Waals surface area contributed by atoms with Crippen molar-refractivity contribution in [1.29, 1.82) is 0 Å². The third kappa shape index (κ3) is 4.66. The van der Waals surface area contributed by atoms with Crippen LogP contribution in [0.3, 0.4) is 0 Å². The second-order valence-electron chi connectivity index (χ2n) is 6.71. The molecule has 2 N–H and O–H groups in total. The molecule has 1 saturated carbocycles. The van der Waals surface area contributed by atoms with Crippen molar-refractivity contribution in [3.8, 4) is 0 Å². The third-order valence-corrected chi connectivity index (χ3v) is 4.84. The molecule has 0 radical (unpaired) electrons. The number of ketones is 1. The van der Waals surface area contributed by atoms with E-state index in [4.69, 9.17) is 0 Å². The Labute approximate surface area is 142 Å². The highest BCUT2D eigenvalue weighted by Gasteiger charge is 2.39. The quantitative estimate of drug-likeness (QED) is 0.752. The fourth-order valence-corrected chi connectivity index (χ4v) is 3.16. The number of hydrogen-bond donors (Lipinski definition) is 2. The number of Topliss-reactive ketones (excluding diaryl/α,β-unsaturated/α-hetero) is 1. The normalized spacial score (nSPS) is 16.4. The summed E-state index contributed by atoms with van der Waals surface area (Å²) in [5.74, 6) is -1.17. The minimum absolute atomic E-state index is 0.0734. The van der Waals surface area contributed by atoms with Crippen molar-refractivity contribution >= 4 is 17.7 Å². The number of hydrogen-bond acceptors (Lipinski definition) is 3. The van der Waals surface area contributed by atoms with Crippen LogP contribution in [0.15, 0.2) is 24.3 Å². The zero-order valence-corrected chi connectivity index (χ0v) is 14.1. The van der Waals surface area contributed by atoms with Gasteiger partial charge in [0.2, 0.25) is 5.91 Å². The minimum Gasteiger partial charge on any atom is -0.481 e. The summed E-state index contributed by atoms with van der Waals surface area (Å²) >= 11 is 0. The molecule has 1 aromatic rings. The first-order chi connectivity index (χ1) is 11.4. The summed E-state index contributed by atoms with van der Waals surface area (Å²) in [6.07, 6.45) is 4.24. The Morgan fingerprint density at radius 2 is 1.67 bits per heavy atom. The SMILES string of the molecule is Cc1ccc(C(=O)CCC(=O)NCC2(C(=O)O)CCCCC2)cc1. The zero-order chi connectivity index (χ0) is 17.6. The largest absolute Gasteiger partial charge is 0.481 e. The van der Waals surface area contributed by atoms with E-state index in [2.05, 4.69) is 5.32 Å². The van der Waals surface area contributed by atoms with Crippen LogP contribution in [0.2, 0.25) is 0 Å². The van der Waals surface area contributed by atoms with Gasteiger partial charge in [-0.2, -0.15) is 0 Å². The Bertz CT molecular complexity index is 600. The molecule has 0 bridgehead atoms. The first-order valence-electron chi connectivity index (χ1n) is 8.53. The van der Waals surface area contributed by atoms with E-state index in [9.17, 15) is 19.5 Å². The van der Waals surface area contributed by atoms with Crippen molar-refractivity contribution in [3.63, 3.8) is 0 Å². The average molecular weight is 331 g/mol. The third-order valence-electron chi connectivity index (χ3n) is 4.84. The van der Waals surface area contributed by atoms with Gasteiger partial charge in [-0.25, -0.2) is 0 Å². The number of amides is 1. The summed E-state index contributed by atoms with van der Waals surface area (Å²) < 4.78 is 0. The molecule has 2 rings (SSSR count). The van der Waals surface area contributed by atoms with E-state index in [0.29, 0.717) is 18.4 Å². The second kappa shape index (κ2) is 8.08. The van der Waals surface area contributed by atoms with Gasteiger partial charge in [0.1, 0.15) is 0 Å². The molecule has 0 unspecified atom stereocenters. The van der Waals surface area contributed by atoms with Crippen molar-refractivity contribution in [1.82, 2.24) is 5.32 Å². The molecule has 1 aromatic carbocycles. The number of aryl methyl sites for hydroxylation is 1. The summed E-state index contributed by atoms with van der Waals surface area (Å²) in [6.45, 7) is 2.10. The molecule has 130 valence electrons. The first kappa shape index (κ1) is 18.2. The van der Waals surface area contributed by atoms with E-state index in [1.165, 1.54) is 0 Å². The van der Waals surface area contributed by atoms with Crippen molar-refractivity contribution in [2.24, 2.45) is 5.41 Å². The lowest BCUT2D eigenvalue weighted by molar-refractivity contribution is -0.151. The Hall–Kier alpha value is -2.17. The smallest absolute Gasteiger partial charge is 0.311 e. The van der Waals surface area contributed by atoms with Gasteiger partial charge in [-0.3, -0.25) is 14.4 Å². The van der Waals surface area contributed by atoms with Gasteiger partial charge in [0, 0.05) is 24.9 Å². The van der Waals surface area contributed by atoms with Crippen molar-refractivity contribution < 1.29 is 19.5 Å². The lowest BCUT2D eigenvalue weighted by Crippen LogP contribution is -2.44. The highest BCUT2D eigenvalue weighted by atomic mass is 16.4. The molecule has 1 amide bonds. The van der Waals surface area contributed by atoms with Crippen molar-refractivity contribution in [2.45, 2.75) is 51.9 Å². The van der Waals surface area contributed by atoms with Gasteiger partial charge in [0.05, 0.1) is 5.41 Å². The molecule has 1 aliphatic carbocycles. The van der Waals surface area contributed by atoms with Gasteiger partial charge in [-0.05, 0) is 19.8 Å². The number of carboxylic acids is 1. The van der Waals surface area contributed by atoms with Crippen LogP contribution in [0.25, 0.3) is 0 Å². The van der Waals surface area contributed by atoms with Crippen LogP contribution >= 0.6 is 0 Å². The van der Waals surface area contributed by atoms with Crippen LogP contribution in [0, 0.1) is 12.3 Å². The minimum atomic E-state index is -0.838. The maximum absolute atomic E-state index is 12.1. The molecule has 0 aliphatic heterocycles. The van der Waals surface area contributed by atoms with Gasteiger partial charge in [0.15, 0.2) is 5.78 Å². The Morgan fingerprint density at radius 3 is 2.25 bits per heavy atom. The molecule has 0 aromatic heterocycles. The molecule has 1 aliphatic rings. The molecular formula is C19H25NO4. The topological polar surface area (TPSA) is 83.5 Å². The van der Waals surface area contributed by atoms with E-state index >= 15 is 0 Å². The molecule has 0 spiro atoms. The van der Waals surface area contributed by atoms with E-state index in [1.54, 1.807) is 12.1 Å². The summed E-state index contributed by atoms with van der Waals surface area (Å²) in [6, 6.07) is 7.26. The van der Waals surface area contributed by atoms with Crippen molar-refractivity contribution in [2.75, 3.05) is 6.54 Å². The second-order valence-corrected chi connectivity index (χ2v) is 6.71. The summed E-state index contributed by atoms with van der Waals surface area (Å²) in [5, 5.41) is 12.2. The lowest BCUT2D eigenvalue weighted by Gasteiger charge is -2.33.